The second-order valence-electron chi connectivity index (χ2n) is 3.99. The number of ether oxygens (including phenoxy) is 1. The van der Waals surface area contributed by atoms with E-state index in [1.807, 2.05) is 12.1 Å². The van der Waals surface area contributed by atoms with Crippen molar-refractivity contribution in [2.45, 2.75) is 4.90 Å². The van der Waals surface area contributed by atoms with Crippen LogP contribution in [0.25, 0.3) is 0 Å². The average Bonchev–Trinajstić information content (AvgIpc) is 2.28. The van der Waals surface area contributed by atoms with E-state index in [0.717, 1.165) is 18.8 Å². The Morgan fingerprint density at radius 3 is 2.47 bits per heavy atom. The zero-order valence-corrected chi connectivity index (χ0v) is 11.9. The maximum absolute atomic E-state index is 11.5. The van der Waals surface area contributed by atoms with Gasteiger partial charge in [-0.25, -0.2) is 8.42 Å². The third-order valence-electron chi connectivity index (χ3n) is 2.69. The average molecular weight is 320 g/mol. The van der Waals surface area contributed by atoms with Crippen LogP contribution < -0.4 is 4.90 Å². The van der Waals surface area contributed by atoms with Gasteiger partial charge in [-0.3, -0.25) is 0 Å². The predicted molar refractivity (Wildman–Crippen MR) is 70.3 cm³/mol. The first-order chi connectivity index (χ1) is 7.98. The van der Waals surface area contributed by atoms with Gasteiger partial charge in [-0.2, -0.15) is 0 Å². The minimum atomic E-state index is -3.17. The molecule has 0 atom stereocenters. The number of hydrogen-bond donors (Lipinski definition) is 0. The van der Waals surface area contributed by atoms with E-state index >= 15 is 0 Å². The highest BCUT2D eigenvalue weighted by Gasteiger charge is 2.16. The van der Waals surface area contributed by atoms with Gasteiger partial charge in [-0.15, -0.1) is 0 Å². The molecule has 0 radical (unpaired) electrons. The lowest BCUT2D eigenvalue weighted by atomic mass is 10.2. The maximum Gasteiger partial charge on any atom is 0.176 e. The molecular formula is C11H14BrNO3S. The first-order valence-electron chi connectivity index (χ1n) is 5.31. The van der Waals surface area contributed by atoms with Crippen molar-refractivity contribution in [3.63, 3.8) is 0 Å². The normalized spacial score (nSPS) is 17.2. The fourth-order valence-corrected chi connectivity index (χ4v) is 3.79. The standard InChI is InChI=1S/C11H14BrNO3S/c1-17(14,15)11-3-2-9(8-10(11)12)13-4-6-16-7-5-13/h2-3,8H,4-7H2,1H3. The minimum Gasteiger partial charge on any atom is -0.378 e. The highest BCUT2D eigenvalue weighted by atomic mass is 79.9. The molecule has 6 heteroatoms. The molecule has 1 aromatic carbocycles. The number of hydrogen-bond acceptors (Lipinski definition) is 4. The van der Waals surface area contributed by atoms with Gasteiger partial charge in [-0.1, -0.05) is 0 Å². The van der Waals surface area contributed by atoms with Crippen molar-refractivity contribution in [2.24, 2.45) is 0 Å². The zero-order chi connectivity index (χ0) is 12.5. The molecule has 1 fully saturated rings. The summed E-state index contributed by atoms with van der Waals surface area (Å²) in [6.45, 7) is 3.10. The van der Waals surface area contributed by atoms with Crippen LogP contribution in [-0.2, 0) is 14.6 Å². The van der Waals surface area contributed by atoms with Crippen LogP contribution in [0.1, 0.15) is 0 Å². The Balaban J connectivity index is 2.30. The largest absolute Gasteiger partial charge is 0.378 e. The molecule has 0 spiro atoms. The monoisotopic (exact) mass is 319 g/mol. The lowest BCUT2D eigenvalue weighted by molar-refractivity contribution is 0.122. The number of nitrogens with zero attached hydrogens (tertiary/aromatic N) is 1. The number of benzene rings is 1. The second kappa shape index (κ2) is 4.96. The molecule has 1 saturated heterocycles. The summed E-state index contributed by atoms with van der Waals surface area (Å²) in [4.78, 5) is 2.51. The summed E-state index contributed by atoms with van der Waals surface area (Å²) < 4.78 is 28.9. The van der Waals surface area contributed by atoms with Gasteiger partial charge in [0.2, 0.25) is 0 Å². The van der Waals surface area contributed by atoms with E-state index < -0.39 is 9.84 Å². The molecule has 1 aliphatic rings. The van der Waals surface area contributed by atoms with Gasteiger partial charge < -0.3 is 9.64 Å². The van der Waals surface area contributed by atoms with Gasteiger partial charge in [0.15, 0.2) is 9.84 Å². The summed E-state index contributed by atoms with van der Waals surface area (Å²) >= 11 is 3.31. The Bertz CT molecular complexity index is 509. The van der Waals surface area contributed by atoms with Crippen LogP contribution in [0.4, 0.5) is 5.69 Å². The summed E-state index contributed by atoms with van der Waals surface area (Å²) in [5, 5.41) is 0. The van der Waals surface area contributed by atoms with Crippen LogP contribution in [0.2, 0.25) is 0 Å². The van der Waals surface area contributed by atoms with E-state index in [2.05, 4.69) is 20.8 Å². The summed E-state index contributed by atoms with van der Waals surface area (Å²) in [6.07, 6.45) is 1.21. The van der Waals surface area contributed by atoms with Crippen LogP contribution in [-0.4, -0.2) is 41.0 Å². The predicted octanol–water partition coefficient (Wildman–Crippen LogP) is 1.69. The first kappa shape index (κ1) is 12.9. The van der Waals surface area contributed by atoms with Crippen LogP contribution in [0.3, 0.4) is 0 Å². The van der Waals surface area contributed by atoms with Crippen molar-refractivity contribution in [1.29, 1.82) is 0 Å². The Kier molecular flexibility index (Phi) is 3.75. The maximum atomic E-state index is 11.5. The molecule has 4 nitrogen and oxygen atoms in total. The summed E-state index contributed by atoms with van der Waals surface area (Å²) in [6, 6.07) is 5.33. The molecule has 0 saturated carbocycles. The number of sulfone groups is 1. The quantitative estimate of drug-likeness (QED) is 0.832. The molecule has 1 aromatic rings. The van der Waals surface area contributed by atoms with E-state index in [9.17, 15) is 8.42 Å². The van der Waals surface area contributed by atoms with E-state index in [0.29, 0.717) is 22.6 Å². The van der Waals surface area contributed by atoms with Crippen molar-refractivity contribution >= 4 is 31.5 Å². The third-order valence-corrected chi connectivity index (χ3v) is 4.76. The zero-order valence-electron chi connectivity index (χ0n) is 9.52. The summed E-state index contributed by atoms with van der Waals surface area (Å²) in [5.41, 5.74) is 1.02. The highest BCUT2D eigenvalue weighted by molar-refractivity contribution is 9.10. The van der Waals surface area contributed by atoms with Gasteiger partial charge in [0.1, 0.15) is 0 Å². The Hall–Kier alpha value is -0.590. The fourth-order valence-electron chi connectivity index (χ4n) is 1.81. The van der Waals surface area contributed by atoms with E-state index in [4.69, 9.17) is 4.74 Å². The first-order valence-corrected chi connectivity index (χ1v) is 7.99. The number of morpholine rings is 1. The van der Waals surface area contributed by atoms with Crippen LogP contribution in [0.15, 0.2) is 27.6 Å². The Morgan fingerprint density at radius 2 is 1.94 bits per heavy atom. The summed E-state index contributed by atoms with van der Waals surface area (Å²) in [7, 11) is -3.17. The SMILES string of the molecule is CS(=O)(=O)c1ccc(N2CCOCC2)cc1Br. The topological polar surface area (TPSA) is 46.6 Å². The van der Waals surface area contributed by atoms with Gasteiger partial charge in [0.25, 0.3) is 0 Å². The molecule has 0 unspecified atom stereocenters. The highest BCUT2D eigenvalue weighted by Crippen LogP contribution is 2.27. The minimum absolute atomic E-state index is 0.328. The van der Waals surface area contributed by atoms with Crippen molar-refractivity contribution < 1.29 is 13.2 Å². The van der Waals surface area contributed by atoms with Crippen molar-refractivity contribution in [3.05, 3.63) is 22.7 Å². The molecule has 94 valence electrons. The van der Waals surface area contributed by atoms with Gasteiger partial charge in [-0.05, 0) is 34.1 Å². The van der Waals surface area contributed by atoms with Crippen LogP contribution >= 0.6 is 15.9 Å². The number of rotatable bonds is 2. The second-order valence-corrected chi connectivity index (χ2v) is 6.82. The Morgan fingerprint density at radius 1 is 1.29 bits per heavy atom. The smallest absolute Gasteiger partial charge is 0.176 e. The van der Waals surface area contributed by atoms with Gasteiger partial charge in [0, 0.05) is 29.5 Å². The van der Waals surface area contributed by atoms with Crippen LogP contribution in [0.5, 0.6) is 0 Å². The van der Waals surface area contributed by atoms with Gasteiger partial charge >= 0.3 is 0 Å². The third kappa shape index (κ3) is 3.00. The molecule has 0 aromatic heterocycles. The molecule has 2 rings (SSSR count). The van der Waals surface area contributed by atoms with Gasteiger partial charge in [0.05, 0.1) is 18.1 Å². The van der Waals surface area contributed by atoms with E-state index in [-0.39, 0.29) is 0 Å². The number of halogens is 1. The molecule has 1 heterocycles. The van der Waals surface area contributed by atoms with Crippen molar-refractivity contribution in [2.75, 3.05) is 37.5 Å². The van der Waals surface area contributed by atoms with Crippen molar-refractivity contribution in [1.82, 2.24) is 0 Å². The molecule has 0 N–H and O–H groups in total. The van der Waals surface area contributed by atoms with E-state index in [1.165, 1.54) is 6.26 Å². The van der Waals surface area contributed by atoms with Crippen molar-refractivity contribution in [3.8, 4) is 0 Å². The molecular weight excluding hydrogens is 306 g/mol. The fraction of sp³-hybridized carbons (Fsp3) is 0.455. The lowest BCUT2D eigenvalue weighted by Crippen LogP contribution is -2.36. The van der Waals surface area contributed by atoms with E-state index in [1.54, 1.807) is 6.07 Å². The molecule has 17 heavy (non-hydrogen) atoms. The molecule has 1 aliphatic heterocycles. The van der Waals surface area contributed by atoms with Crippen LogP contribution in [0, 0.1) is 0 Å². The molecule has 0 aliphatic carbocycles. The Labute approximate surface area is 110 Å². The summed E-state index contributed by atoms with van der Waals surface area (Å²) in [5.74, 6) is 0. The molecule has 0 amide bonds. The lowest BCUT2D eigenvalue weighted by Gasteiger charge is -2.29. The number of anilines is 1. The molecule has 0 bridgehead atoms.